The zero-order valence-corrected chi connectivity index (χ0v) is 7.92. The van der Waals surface area contributed by atoms with E-state index in [9.17, 15) is 4.39 Å². The molecule has 3 heteroatoms. The van der Waals surface area contributed by atoms with E-state index >= 15 is 0 Å². The van der Waals surface area contributed by atoms with Crippen molar-refractivity contribution in [2.75, 3.05) is 11.9 Å². The van der Waals surface area contributed by atoms with E-state index in [0.29, 0.717) is 12.2 Å². The minimum absolute atomic E-state index is 0.0709. The van der Waals surface area contributed by atoms with Gasteiger partial charge in [0.15, 0.2) is 0 Å². The molecule has 0 atom stereocenters. The zero-order valence-electron chi connectivity index (χ0n) is 7.92. The molecule has 0 fully saturated rings. The number of allylic oxidation sites excluding steroid dienone is 1. The molecule has 0 aliphatic heterocycles. The lowest BCUT2D eigenvalue weighted by molar-refractivity contribution is 0.624. The minimum Gasteiger partial charge on any atom is -0.381 e. The SMILES string of the molecule is C/C=C/CNc1ccc(C#N)c(F)c1. The Morgan fingerprint density at radius 1 is 1.57 bits per heavy atom. The van der Waals surface area contributed by atoms with Gasteiger partial charge >= 0.3 is 0 Å². The highest BCUT2D eigenvalue weighted by Crippen LogP contribution is 2.13. The summed E-state index contributed by atoms with van der Waals surface area (Å²) in [6.07, 6.45) is 3.84. The van der Waals surface area contributed by atoms with Gasteiger partial charge in [0.1, 0.15) is 11.9 Å². The lowest BCUT2D eigenvalue weighted by atomic mass is 10.2. The second-order valence-corrected chi connectivity index (χ2v) is 2.76. The van der Waals surface area contributed by atoms with Crippen molar-refractivity contribution in [3.63, 3.8) is 0 Å². The molecule has 0 aliphatic rings. The molecule has 1 aromatic carbocycles. The number of anilines is 1. The summed E-state index contributed by atoms with van der Waals surface area (Å²) in [7, 11) is 0. The molecule has 0 saturated carbocycles. The number of halogens is 1. The maximum atomic E-state index is 13.1. The topological polar surface area (TPSA) is 35.8 Å². The summed E-state index contributed by atoms with van der Waals surface area (Å²) in [5.74, 6) is -0.488. The highest BCUT2D eigenvalue weighted by Gasteiger charge is 2.00. The average Bonchev–Trinajstić information content (AvgIpc) is 2.18. The average molecular weight is 190 g/mol. The number of hydrogen-bond acceptors (Lipinski definition) is 2. The van der Waals surface area contributed by atoms with Crippen molar-refractivity contribution in [2.24, 2.45) is 0 Å². The summed E-state index contributed by atoms with van der Waals surface area (Å²) < 4.78 is 13.1. The molecular weight excluding hydrogens is 179 g/mol. The Bertz CT molecular complexity index is 377. The van der Waals surface area contributed by atoms with Crippen LogP contribution in [0.1, 0.15) is 12.5 Å². The van der Waals surface area contributed by atoms with E-state index in [2.05, 4.69) is 5.32 Å². The normalized spacial score (nSPS) is 10.1. The van der Waals surface area contributed by atoms with Gasteiger partial charge in [-0.2, -0.15) is 5.26 Å². The highest BCUT2D eigenvalue weighted by molar-refractivity contribution is 5.48. The largest absolute Gasteiger partial charge is 0.381 e. The number of hydrogen-bond donors (Lipinski definition) is 1. The molecule has 2 nitrogen and oxygen atoms in total. The monoisotopic (exact) mass is 190 g/mol. The van der Waals surface area contributed by atoms with Crippen LogP contribution in [0.2, 0.25) is 0 Å². The van der Waals surface area contributed by atoms with E-state index in [1.54, 1.807) is 12.1 Å². The zero-order chi connectivity index (χ0) is 10.4. The predicted molar refractivity (Wildman–Crippen MR) is 54.4 cm³/mol. The molecule has 1 N–H and O–H groups in total. The number of rotatable bonds is 3. The van der Waals surface area contributed by atoms with E-state index in [1.165, 1.54) is 12.1 Å². The van der Waals surface area contributed by atoms with E-state index in [1.807, 2.05) is 19.1 Å². The molecule has 0 aromatic heterocycles. The lowest BCUT2D eigenvalue weighted by Crippen LogP contribution is -1.98. The number of nitriles is 1. The Morgan fingerprint density at radius 2 is 2.36 bits per heavy atom. The van der Waals surface area contributed by atoms with Gasteiger partial charge in [-0.25, -0.2) is 4.39 Å². The first-order valence-corrected chi connectivity index (χ1v) is 4.32. The van der Waals surface area contributed by atoms with Crippen LogP contribution in [-0.2, 0) is 0 Å². The molecule has 1 rings (SSSR count). The molecule has 14 heavy (non-hydrogen) atoms. The molecule has 0 saturated heterocycles. The van der Waals surface area contributed by atoms with Crippen LogP contribution < -0.4 is 5.32 Å². The Morgan fingerprint density at radius 3 is 2.93 bits per heavy atom. The van der Waals surface area contributed by atoms with Crippen LogP contribution in [0.15, 0.2) is 30.4 Å². The molecule has 0 spiro atoms. The van der Waals surface area contributed by atoms with Gasteiger partial charge in [0.2, 0.25) is 0 Å². The summed E-state index contributed by atoms with van der Waals surface area (Å²) in [4.78, 5) is 0. The van der Waals surface area contributed by atoms with Crippen molar-refractivity contribution in [1.29, 1.82) is 5.26 Å². The van der Waals surface area contributed by atoms with Gasteiger partial charge in [0.05, 0.1) is 5.56 Å². The Balaban J connectivity index is 2.72. The third kappa shape index (κ3) is 2.60. The van der Waals surface area contributed by atoms with Crippen molar-refractivity contribution < 1.29 is 4.39 Å². The van der Waals surface area contributed by atoms with Gasteiger partial charge in [-0.3, -0.25) is 0 Å². The predicted octanol–water partition coefficient (Wildman–Crippen LogP) is 2.69. The Hall–Kier alpha value is -1.82. The highest BCUT2D eigenvalue weighted by atomic mass is 19.1. The molecule has 1 aromatic rings. The van der Waals surface area contributed by atoms with Crippen molar-refractivity contribution in [3.8, 4) is 6.07 Å². The Labute approximate surface area is 82.7 Å². The summed E-state index contributed by atoms with van der Waals surface area (Å²) in [5, 5.41) is 11.5. The van der Waals surface area contributed by atoms with E-state index in [-0.39, 0.29) is 5.56 Å². The van der Waals surface area contributed by atoms with Crippen LogP contribution in [0.25, 0.3) is 0 Å². The molecule has 0 bridgehead atoms. The van der Waals surface area contributed by atoms with Gasteiger partial charge in [0, 0.05) is 12.2 Å². The molecule has 72 valence electrons. The second kappa shape index (κ2) is 5.03. The fraction of sp³-hybridized carbons (Fsp3) is 0.182. The first-order chi connectivity index (χ1) is 6.77. The molecule has 0 unspecified atom stereocenters. The van der Waals surface area contributed by atoms with Crippen molar-refractivity contribution in [2.45, 2.75) is 6.92 Å². The van der Waals surface area contributed by atoms with Crippen LogP contribution in [0, 0.1) is 17.1 Å². The van der Waals surface area contributed by atoms with Crippen molar-refractivity contribution in [3.05, 3.63) is 41.7 Å². The summed E-state index contributed by atoms with van der Waals surface area (Å²) in [5.41, 5.74) is 0.751. The third-order valence-electron chi connectivity index (χ3n) is 1.75. The molecule has 0 radical (unpaired) electrons. The lowest BCUT2D eigenvalue weighted by Gasteiger charge is -2.03. The fourth-order valence-corrected chi connectivity index (χ4v) is 1.01. The minimum atomic E-state index is -0.488. The first kappa shape index (κ1) is 10.3. The van der Waals surface area contributed by atoms with Crippen LogP contribution >= 0.6 is 0 Å². The van der Waals surface area contributed by atoms with Crippen LogP contribution in [-0.4, -0.2) is 6.54 Å². The molecular formula is C11H11FN2. The molecule has 0 aliphatic carbocycles. The smallest absolute Gasteiger partial charge is 0.143 e. The van der Waals surface area contributed by atoms with Gasteiger partial charge in [-0.1, -0.05) is 12.2 Å². The van der Waals surface area contributed by atoms with Crippen LogP contribution in [0.3, 0.4) is 0 Å². The molecule has 0 heterocycles. The maximum absolute atomic E-state index is 13.1. The number of benzene rings is 1. The maximum Gasteiger partial charge on any atom is 0.143 e. The Kier molecular flexibility index (Phi) is 3.69. The molecule has 0 amide bonds. The van der Waals surface area contributed by atoms with E-state index in [4.69, 9.17) is 5.26 Å². The summed E-state index contributed by atoms with van der Waals surface area (Å²) in [6.45, 7) is 2.57. The standard InChI is InChI=1S/C11H11FN2/c1-2-3-6-14-10-5-4-9(8-13)11(12)7-10/h2-5,7,14H,6H2,1H3/b3-2+. The van der Waals surface area contributed by atoms with Gasteiger partial charge < -0.3 is 5.32 Å². The van der Waals surface area contributed by atoms with Crippen molar-refractivity contribution >= 4 is 5.69 Å². The summed E-state index contributed by atoms with van der Waals surface area (Å²) in [6, 6.07) is 6.25. The fourth-order valence-electron chi connectivity index (χ4n) is 1.01. The van der Waals surface area contributed by atoms with E-state index < -0.39 is 5.82 Å². The number of nitrogens with zero attached hydrogens (tertiary/aromatic N) is 1. The van der Waals surface area contributed by atoms with Crippen LogP contribution in [0.4, 0.5) is 10.1 Å². The van der Waals surface area contributed by atoms with Crippen molar-refractivity contribution in [1.82, 2.24) is 0 Å². The first-order valence-electron chi connectivity index (χ1n) is 4.32. The summed E-state index contributed by atoms with van der Waals surface area (Å²) >= 11 is 0. The van der Waals surface area contributed by atoms with Gasteiger partial charge in [-0.05, 0) is 25.1 Å². The van der Waals surface area contributed by atoms with E-state index in [0.717, 1.165) is 0 Å². The van der Waals surface area contributed by atoms with Crippen LogP contribution in [0.5, 0.6) is 0 Å². The number of nitrogens with one attached hydrogen (secondary N) is 1. The van der Waals surface area contributed by atoms with Gasteiger partial charge in [-0.15, -0.1) is 0 Å². The third-order valence-corrected chi connectivity index (χ3v) is 1.75. The second-order valence-electron chi connectivity index (χ2n) is 2.76. The quantitative estimate of drug-likeness (QED) is 0.744. The van der Waals surface area contributed by atoms with Gasteiger partial charge in [0.25, 0.3) is 0 Å².